The number of unbranched alkanes of at least 4 members (excludes halogenated alkanes) is 1. The van der Waals surface area contributed by atoms with Crippen LogP contribution in [-0.2, 0) is 22.4 Å². The van der Waals surface area contributed by atoms with Crippen LogP contribution < -0.4 is 0 Å². The molecule has 30 heavy (non-hydrogen) atoms. The van der Waals surface area contributed by atoms with Gasteiger partial charge in [0.2, 0.25) is 0 Å². The minimum absolute atomic E-state index is 0.0326. The number of rotatable bonds is 10. The molecular weight excluding hydrogens is 380 g/mol. The van der Waals surface area contributed by atoms with Gasteiger partial charge >= 0.3 is 5.97 Å². The van der Waals surface area contributed by atoms with Crippen molar-refractivity contribution in [1.82, 2.24) is 0 Å². The fourth-order valence-electron chi connectivity index (χ4n) is 3.44. The second-order valence-electron chi connectivity index (χ2n) is 8.08. The summed E-state index contributed by atoms with van der Waals surface area (Å²) in [6, 6.07) is 4.07. The number of ether oxygens (including phenoxy) is 1. The van der Waals surface area contributed by atoms with E-state index in [-0.39, 0.29) is 17.3 Å². The Balaban J connectivity index is 1.36. The van der Waals surface area contributed by atoms with Gasteiger partial charge < -0.3 is 18.7 Å². The molecule has 160 valence electrons. The Morgan fingerprint density at radius 3 is 2.80 bits per heavy atom. The fourth-order valence-corrected chi connectivity index (χ4v) is 3.44. The van der Waals surface area contributed by atoms with Crippen LogP contribution in [0.1, 0.15) is 63.3 Å². The number of furan rings is 2. The van der Waals surface area contributed by atoms with Crippen LogP contribution in [0.5, 0.6) is 0 Å². The fraction of sp³-hybridized carbons (Fsp3) is 0.400. The van der Waals surface area contributed by atoms with Crippen molar-refractivity contribution in [1.29, 1.82) is 0 Å². The topological polar surface area (TPSA) is 72.8 Å². The van der Waals surface area contributed by atoms with Crippen LogP contribution in [-0.4, -0.2) is 11.1 Å². The highest BCUT2D eigenvalue weighted by Crippen LogP contribution is 2.26. The maximum Gasteiger partial charge on any atom is 0.343 e. The number of carbonyl (C=O) groups excluding carboxylic acids is 1. The van der Waals surface area contributed by atoms with E-state index in [9.17, 15) is 9.90 Å². The molecule has 3 rings (SSSR count). The lowest BCUT2D eigenvalue weighted by Crippen LogP contribution is -1.97. The molecule has 2 aromatic rings. The number of hydrogen-bond acceptors (Lipinski definition) is 5. The van der Waals surface area contributed by atoms with Crippen LogP contribution >= 0.6 is 0 Å². The SMILES string of the molecule is CC(=CCCCC(C)C=C1OC(=O)C(C)=C1O)CCc1coc(Cc2ccoc2)c1. The Bertz CT molecular complexity index is 940. The van der Waals surface area contributed by atoms with Gasteiger partial charge in [0.1, 0.15) is 5.76 Å². The van der Waals surface area contributed by atoms with Crippen LogP contribution in [0.3, 0.4) is 0 Å². The predicted octanol–water partition coefficient (Wildman–Crippen LogP) is 6.42. The largest absolute Gasteiger partial charge is 0.504 e. The minimum Gasteiger partial charge on any atom is -0.504 e. The van der Waals surface area contributed by atoms with Crippen molar-refractivity contribution in [2.24, 2.45) is 5.92 Å². The van der Waals surface area contributed by atoms with E-state index >= 15 is 0 Å². The molecule has 1 N–H and O–H groups in total. The monoisotopic (exact) mass is 410 g/mol. The van der Waals surface area contributed by atoms with E-state index in [1.807, 2.05) is 18.4 Å². The first-order chi connectivity index (χ1) is 14.4. The van der Waals surface area contributed by atoms with Crippen LogP contribution in [0.15, 0.2) is 74.6 Å². The molecular formula is C25H30O5. The first-order valence-electron chi connectivity index (χ1n) is 10.5. The number of esters is 1. The van der Waals surface area contributed by atoms with E-state index < -0.39 is 5.97 Å². The van der Waals surface area contributed by atoms with Crippen LogP contribution in [0.2, 0.25) is 0 Å². The van der Waals surface area contributed by atoms with Gasteiger partial charge in [0.25, 0.3) is 0 Å². The molecule has 5 heteroatoms. The molecule has 0 bridgehead atoms. The summed E-state index contributed by atoms with van der Waals surface area (Å²) in [7, 11) is 0. The van der Waals surface area contributed by atoms with E-state index in [0.717, 1.165) is 49.8 Å². The van der Waals surface area contributed by atoms with E-state index in [1.165, 1.54) is 11.1 Å². The molecule has 0 radical (unpaired) electrons. The highest BCUT2D eigenvalue weighted by atomic mass is 16.6. The lowest BCUT2D eigenvalue weighted by atomic mass is 10.0. The number of aliphatic hydroxyl groups excluding tert-OH is 1. The third kappa shape index (κ3) is 6.02. The Morgan fingerprint density at radius 1 is 1.27 bits per heavy atom. The highest BCUT2D eigenvalue weighted by molar-refractivity contribution is 5.93. The summed E-state index contributed by atoms with van der Waals surface area (Å²) >= 11 is 0. The number of hydrogen-bond donors (Lipinski definition) is 1. The third-order valence-corrected chi connectivity index (χ3v) is 5.36. The van der Waals surface area contributed by atoms with Gasteiger partial charge in [-0.25, -0.2) is 4.79 Å². The molecule has 1 aliphatic rings. The molecule has 2 aromatic heterocycles. The van der Waals surface area contributed by atoms with Crippen molar-refractivity contribution in [3.05, 3.63) is 82.6 Å². The highest BCUT2D eigenvalue weighted by Gasteiger charge is 2.26. The van der Waals surface area contributed by atoms with Crippen molar-refractivity contribution in [2.75, 3.05) is 0 Å². The number of allylic oxidation sites excluding steroid dienone is 3. The Morgan fingerprint density at radius 2 is 2.10 bits per heavy atom. The van der Waals surface area contributed by atoms with Gasteiger partial charge in [-0.1, -0.05) is 18.6 Å². The van der Waals surface area contributed by atoms with Crippen molar-refractivity contribution in [2.45, 2.75) is 59.3 Å². The zero-order valence-corrected chi connectivity index (χ0v) is 17.9. The quantitative estimate of drug-likeness (QED) is 0.278. The molecule has 0 aromatic carbocycles. The number of aryl methyl sites for hydroxylation is 1. The van der Waals surface area contributed by atoms with Gasteiger partial charge in [-0.2, -0.15) is 0 Å². The summed E-state index contributed by atoms with van der Waals surface area (Å²) in [5.74, 6) is 0.990. The van der Waals surface area contributed by atoms with Gasteiger partial charge in [0, 0.05) is 6.42 Å². The number of carbonyl (C=O) groups is 1. The lowest BCUT2D eigenvalue weighted by molar-refractivity contribution is -0.133. The molecule has 0 spiro atoms. The summed E-state index contributed by atoms with van der Waals surface area (Å²) in [4.78, 5) is 11.4. The molecule has 0 saturated carbocycles. The van der Waals surface area contributed by atoms with Crippen LogP contribution in [0, 0.1) is 5.92 Å². The molecule has 3 heterocycles. The van der Waals surface area contributed by atoms with E-state index in [4.69, 9.17) is 13.6 Å². The average molecular weight is 411 g/mol. The second kappa shape index (κ2) is 10.2. The predicted molar refractivity (Wildman–Crippen MR) is 115 cm³/mol. The smallest absolute Gasteiger partial charge is 0.343 e. The Kier molecular flexibility index (Phi) is 7.39. The van der Waals surface area contributed by atoms with E-state index in [1.54, 1.807) is 19.5 Å². The summed E-state index contributed by atoms with van der Waals surface area (Å²) < 4.78 is 15.8. The maximum atomic E-state index is 11.4. The van der Waals surface area contributed by atoms with Gasteiger partial charge in [0.15, 0.2) is 11.5 Å². The van der Waals surface area contributed by atoms with Gasteiger partial charge in [-0.15, -0.1) is 0 Å². The first-order valence-corrected chi connectivity index (χ1v) is 10.5. The van der Waals surface area contributed by atoms with Crippen LogP contribution in [0.25, 0.3) is 0 Å². The molecule has 0 aliphatic carbocycles. The zero-order valence-electron chi connectivity index (χ0n) is 17.9. The van der Waals surface area contributed by atoms with E-state index in [0.29, 0.717) is 5.76 Å². The average Bonchev–Trinajstić information content (AvgIpc) is 3.44. The number of aliphatic hydroxyl groups is 1. The summed E-state index contributed by atoms with van der Waals surface area (Å²) in [6.07, 6.45) is 15.2. The molecule has 0 fully saturated rings. The molecule has 1 aliphatic heterocycles. The van der Waals surface area contributed by atoms with Gasteiger partial charge in [0.05, 0.1) is 24.4 Å². The summed E-state index contributed by atoms with van der Waals surface area (Å²) in [5, 5.41) is 9.88. The lowest BCUT2D eigenvalue weighted by Gasteiger charge is -2.07. The minimum atomic E-state index is -0.462. The zero-order chi connectivity index (χ0) is 21.5. The van der Waals surface area contributed by atoms with Gasteiger partial charge in [-0.05, 0) is 81.2 Å². The molecule has 0 amide bonds. The second-order valence-corrected chi connectivity index (χ2v) is 8.08. The summed E-state index contributed by atoms with van der Waals surface area (Å²) in [6.45, 7) is 5.81. The molecule has 1 atom stereocenters. The summed E-state index contributed by atoms with van der Waals surface area (Å²) in [5.41, 5.74) is 3.98. The van der Waals surface area contributed by atoms with Crippen LogP contribution in [0.4, 0.5) is 0 Å². The van der Waals surface area contributed by atoms with Crippen molar-refractivity contribution < 1.29 is 23.5 Å². The van der Waals surface area contributed by atoms with Crippen molar-refractivity contribution >= 4 is 5.97 Å². The molecule has 1 unspecified atom stereocenters. The number of cyclic esters (lactones) is 1. The third-order valence-electron chi connectivity index (χ3n) is 5.36. The van der Waals surface area contributed by atoms with Crippen molar-refractivity contribution in [3.8, 4) is 0 Å². The van der Waals surface area contributed by atoms with E-state index in [2.05, 4.69) is 26.0 Å². The first kappa shape index (κ1) is 21.8. The Hall–Kier alpha value is -2.95. The molecule has 0 saturated heterocycles. The normalized spacial score (nSPS) is 17.1. The van der Waals surface area contributed by atoms with Crippen molar-refractivity contribution in [3.63, 3.8) is 0 Å². The van der Waals surface area contributed by atoms with Gasteiger partial charge in [-0.3, -0.25) is 0 Å². The standard InChI is InChI=1S/C25H30O5/c1-17(8-9-20-13-22(29-16-20)14-21-10-11-28-15-21)6-4-5-7-18(2)12-23-24(26)19(3)25(27)30-23/h6,10-13,15-16,18,26H,4-5,7-9,14H2,1-3H3. The maximum absolute atomic E-state index is 11.4. The molecule has 5 nitrogen and oxygen atoms in total. The Labute approximate surface area is 177 Å².